The maximum Gasteiger partial charge on any atom is 0.340 e. The molecule has 0 aliphatic rings. The first-order valence-electron chi connectivity index (χ1n) is 5.67. The number of nitriles is 1. The van der Waals surface area contributed by atoms with Crippen LogP contribution in [0.2, 0.25) is 0 Å². The third kappa shape index (κ3) is 1.83. The lowest BCUT2D eigenvalue weighted by atomic mass is 10.2. The zero-order valence-corrected chi connectivity index (χ0v) is 10.2. The SMILES string of the molecule is N#Cc1ccc(-n2cnc(-c3n[nH]c(=O)[nH]3)c2N)cc1. The Balaban J connectivity index is 2.05. The molecule has 2 heterocycles. The summed E-state index contributed by atoms with van der Waals surface area (Å²) in [6, 6.07) is 8.93. The predicted octanol–water partition coefficient (Wildman–Crippen LogP) is 0.405. The summed E-state index contributed by atoms with van der Waals surface area (Å²) in [4.78, 5) is 17.7. The minimum Gasteiger partial charge on any atom is -0.383 e. The molecule has 4 N–H and O–H groups in total. The number of benzene rings is 1. The topological polar surface area (TPSA) is 129 Å². The van der Waals surface area contributed by atoms with E-state index in [0.29, 0.717) is 17.1 Å². The van der Waals surface area contributed by atoms with Gasteiger partial charge in [-0.05, 0) is 24.3 Å². The zero-order valence-electron chi connectivity index (χ0n) is 10.2. The van der Waals surface area contributed by atoms with Crippen molar-refractivity contribution in [3.63, 3.8) is 0 Å². The summed E-state index contributed by atoms with van der Waals surface area (Å²) in [5.74, 6) is 0.623. The van der Waals surface area contributed by atoms with Gasteiger partial charge in [-0.1, -0.05) is 0 Å². The van der Waals surface area contributed by atoms with Crippen LogP contribution >= 0.6 is 0 Å². The summed E-state index contributed by atoms with van der Waals surface area (Å²) in [5.41, 5.74) is 7.29. The van der Waals surface area contributed by atoms with E-state index in [-0.39, 0.29) is 5.82 Å². The van der Waals surface area contributed by atoms with Gasteiger partial charge in [0.2, 0.25) is 0 Å². The molecule has 0 unspecified atom stereocenters. The molecule has 0 atom stereocenters. The number of nitrogens with zero attached hydrogens (tertiary/aromatic N) is 4. The van der Waals surface area contributed by atoms with Crippen molar-refractivity contribution in [1.29, 1.82) is 5.26 Å². The lowest BCUT2D eigenvalue weighted by molar-refractivity contribution is 1.05. The van der Waals surface area contributed by atoms with Crippen LogP contribution in [0.4, 0.5) is 5.82 Å². The van der Waals surface area contributed by atoms with Crippen LogP contribution in [-0.2, 0) is 0 Å². The second-order valence-electron chi connectivity index (χ2n) is 4.03. The fourth-order valence-corrected chi connectivity index (χ4v) is 1.82. The van der Waals surface area contributed by atoms with E-state index in [1.54, 1.807) is 28.8 Å². The normalized spacial score (nSPS) is 10.3. The molecule has 8 nitrogen and oxygen atoms in total. The maximum atomic E-state index is 11.0. The van der Waals surface area contributed by atoms with Crippen molar-refractivity contribution >= 4 is 5.82 Å². The number of rotatable bonds is 2. The van der Waals surface area contributed by atoms with Crippen molar-refractivity contribution in [3.05, 3.63) is 46.6 Å². The summed E-state index contributed by atoms with van der Waals surface area (Å²) in [6.07, 6.45) is 1.53. The van der Waals surface area contributed by atoms with Crippen LogP contribution < -0.4 is 11.4 Å². The number of hydrogen-bond acceptors (Lipinski definition) is 5. The van der Waals surface area contributed by atoms with Gasteiger partial charge in [-0.25, -0.2) is 14.9 Å². The fourth-order valence-electron chi connectivity index (χ4n) is 1.82. The summed E-state index contributed by atoms with van der Waals surface area (Å²) >= 11 is 0. The van der Waals surface area contributed by atoms with Crippen LogP contribution in [0.3, 0.4) is 0 Å². The van der Waals surface area contributed by atoms with E-state index < -0.39 is 5.69 Å². The molecule has 0 fully saturated rings. The first kappa shape index (κ1) is 11.7. The van der Waals surface area contributed by atoms with E-state index in [1.807, 2.05) is 6.07 Å². The van der Waals surface area contributed by atoms with E-state index in [0.717, 1.165) is 5.69 Å². The van der Waals surface area contributed by atoms with Gasteiger partial charge in [0.15, 0.2) is 5.82 Å². The Labute approximate surface area is 112 Å². The second kappa shape index (κ2) is 4.40. The summed E-state index contributed by atoms with van der Waals surface area (Å²) in [6.45, 7) is 0. The number of nitrogens with one attached hydrogen (secondary N) is 2. The van der Waals surface area contributed by atoms with Gasteiger partial charge in [0.1, 0.15) is 17.8 Å². The van der Waals surface area contributed by atoms with E-state index in [9.17, 15) is 4.79 Å². The molecule has 2 aromatic heterocycles. The Morgan fingerprint density at radius 2 is 2.05 bits per heavy atom. The lowest BCUT2D eigenvalue weighted by Gasteiger charge is -2.04. The van der Waals surface area contributed by atoms with Crippen molar-refractivity contribution in [2.24, 2.45) is 0 Å². The highest BCUT2D eigenvalue weighted by atomic mass is 16.1. The van der Waals surface area contributed by atoms with Crippen molar-refractivity contribution in [3.8, 4) is 23.3 Å². The van der Waals surface area contributed by atoms with Gasteiger partial charge in [-0.15, -0.1) is 0 Å². The van der Waals surface area contributed by atoms with Crippen LogP contribution in [0.5, 0.6) is 0 Å². The molecular weight excluding hydrogens is 258 g/mol. The number of aromatic nitrogens is 5. The Morgan fingerprint density at radius 3 is 2.65 bits per heavy atom. The van der Waals surface area contributed by atoms with E-state index in [1.165, 1.54) is 6.33 Å². The number of aromatic amines is 2. The standard InChI is InChI=1S/C12H9N7O/c13-5-7-1-3-8(4-2-7)19-6-15-9(10(19)14)11-16-12(20)18-17-11/h1-4,6H,14H2,(H2,16,17,18,20). The van der Waals surface area contributed by atoms with Crippen LogP contribution in [0.25, 0.3) is 17.2 Å². The van der Waals surface area contributed by atoms with Gasteiger partial charge >= 0.3 is 5.69 Å². The highest BCUT2D eigenvalue weighted by Gasteiger charge is 2.14. The molecule has 1 aromatic carbocycles. The van der Waals surface area contributed by atoms with Crippen LogP contribution in [0.15, 0.2) is 35.4 Å². The molecule has 0 saturated heterocycles. The highest BCUT2D eigenvalue weighted by molar-refractivity contribution is 5.66. The molecule has 20 heavy (non-hydrogen) atoms. The third-order valence-electron chi connectivity index (χ3n) is 2.80. The number of nitrogen functional groups attached to an aromatic ring is 1. The summed E-state index contributed by atoms with van der Waals surface area (Å²) in [5, 5.41) is 14.8. The van der Waals surface area contributed by atoms with Crippen LogP contribution in [-0.4, -0.2) is 24.7 Å². The van der Waals surface area contributed by atoms with E-state index in [2.05, 4.69) is 20.2 Å². The van der Waals surface area contributed by atoms with Gasteiger partial charge < -0.3 is 5.73 Å². The molecular formula is C12H9N7O. The van der Waals surface area contributed by atoms with Crippen molar-refractivity contribution < 1.29 is 0 Å². The number of H-pyrrole nitrogens is 2. The first-order chi connectivity index (χ1) is 9.69. The molecule has 0 saturated carbocycles. The number of hydrogen-bond donors (Lipinski definition) is 3. The lowest BCUT2D eigenvalue weighted by Crippen LogP contribution is -2.02. The molecule has 0 spiro atoms. The van der Waals surface area contributed by atoms with Crippen molar-refractivity contribution in [2.75, 3.05) is 5.73 Å². The molecule has 3 rings (SSSR count). The average Bonchev–Trinajstić information content (AvgIpc) is 3.05. The minimum atomic E-state index is -0.424. The average molecular weight is 267 g/mol. The molecule has 0 aliphatic carbocycles. The van der Waals surface area contributed by atoms with E-state index in [4.69, 9.17) is 11.0 Å². The van der Waals surface area contributed by atoms with Crippen LogP contribution in [0.1, 0.15) is 5.56 Å². The molecule has 8 heteroatoms. The second-order valence-corrected chi connectivity index (χ2v) is 4.03. The Bertz CT molecular complexity index is 847. The number of anilines is 1. The Morgan fingerprint density at radius 1 is 1.30 bits per heavy atom. The zero-order chi connectivity index (χ0) is 14.1. The monoisotopic (exact) mass is 267 g/mol. The quantitative estimate of drug-likeness (QED) is 0.619. The summed E-state index contributed by atoms with van der Waals surface area (Å²) < 4.78 is 1.64. The Hall–Kier alpha value is -3.34. The predicted molar refractivity (Wildman–Crippen MR) is 70.9 cm³/mol. The van der Waals surface area contributed by atoms with Crippen LogP contribution in [0, 0.1) is 11.3 Å². The van der Waals surface area contributed by atoms with Gasteiger partial charge in [0, 0.05) is 5.69 Å². The third-order valence-corrected chi connectivity index (χ3v) is 2.80. The molecule has 0 radical (unpaired) electrons. The number of nitrogens with two attached hydrogens (primary N) is 1. The van der Waals surface area contributed by atoms with Gasteiger partial charge in [0.05, 0.1) is 11.6 Å². The van der Waals surface area contributed by atoms with Gasteiger partial charge in [-0.3, -0.25) is 9.55 Å². The highest BCUT2D eigenvalue weighted by Crippen LogP contribution is 2.23. The molecule has 0 aliphatic heterocycles. The van der Waals surface area contributed by atoms with Gasteiger partial charge in [-0.2, -0.15) is 10.4 Å². The fraction of sp³-hybridized carbons (Fsp3) is 0. The first-order valence-corrected chi connectivity index (χ1v) is 5.67. The van der Waals surface area contributed by atoms with E-state index >= 15 is 0 Å². The largest absolute Gasteiger partial charge is 0.383 e. The Kier molecular flexibility index (Phi) is 2.58. The van der Waals surface area contributed by atoms with Gasteiger partial charge in [0.25, 0.3) is 0 Å². The minimum absolute atomic E-state index is 0.278. The molecule has 0 amide bonds. The molecule has 3 aromatic rings. The molecule has 98 valence electrons. The molecule has 0 bridgehead atoms. The number of imidazole rings is 1. The van der Waals surface area contributed by atoms with Crippen molar-refractivity contribution in [2.45, 2.75) is 0 Å². The van der Waals surface area contributed by atoms with Crippen molar-refractivity contribution in [1.82, 2.24) is 24.7 Å². The maximum absolute atomic E-state index is 11.0. The smallest absolute Gasteiger partial charge is 0.340 e. The summed E-state index contributed by atoms with van der Waals surface area (Å²) in [7, 11) is 0.